The van der Waals surface area contributed by atoms with Crippen LogP contribution >= 0.6 is 0 Å². The maximum atomic E-state index is 11.2. The van der Waals surface area contributed by atoms with Gasteiger partial charge in [0.15, 0.2) is 5.96 Å². The van der Waals surface area contributed by atoms with Crippen LogP contribution in [-0.2, 0) is 9.84 Å². The molecular weight excluding hydrogens is 310 g/mol. The van der Waals surface area contributed by atoms with Gasteiger partial charge in [-0.05, 0) is 25.3 Å². The van der Waals surface area contributed by atoms with Crippen LogP contribution in [0.1, 0.15) is 31.2 Å². The lowest BCUT2D eigenvalue weighted by molar-refractivity contribution is 0.486. The van der Waals surface area contributed by atoms with Crippen molar-refractivity contribution in [1.82, 2.24) is 10.2 Å². The lowest BCUT2D eigenvalue weighted by Crippen LogP contribution is -2.40. The highest BCUT2D eigenvalue weighted by Crippen LogP contribution is 2.26. The number of benzene rings is 1. The fourth-order valence-electron chi connectivity index (χ4n) is 2.89. The number of hydrogen-bond acceptors (Lipinski definition) is 3. The van der Waals surface area contributed by atoms with Gasteiger partial charge in [0.25, 0.3) is 0 Å². The Labute approximate surface area is 139 Å². The quantitative estimate of drug-likeness (QED) is 0.489. The topological polar surface area (TPSA) is 61.8 Å². The van der Waals surface area contributed by atoms with E-state index in [9.17, 15) is 8.42 Å². The number of rotatable bonds is 6. The van der Waals surface area contributed by atoms with E-state index >= 15 is 0 Å². The number of aliphatic imine (C=N–C) groups is 1. The summed E-state index contributed by atoms with van der Waals surface area (Å²) in [5, 5.41) is 3.32. The van der Waals surface area contributed by atoms with Crippen molar-refractivity contribution in [2.45, 2.75) is 25.7 Å². The molecular formula is C17H27N3O2S. The molecule has 1 saturated heterocycles. The minimum absolute atomic E-state index is 0.197. The monoisotopic (exact) mass is 337 g/mol. The highest BCUT2D eigenvalue weighted by molar-refractivity contribution is 7.90. The molecule has 0 amide bonds. The summed E-state index contributed by atoms with van der Waals surface area (Å²) in [7, 11) is -2.90. The van der Waals surface area contributed by atoms with E-state index in [1.54, 1.807) is 0 Å². The number of hydrogen-bond donors (Lipinski definition) is 1. The number of guanidine groups is 1. The molecule has 23 heavy (non-hydrogen) atoms. The van der Waals surface area contributed by atoms with Gasteiger partial charge >= 0.3 is 0 Å². The van der Waals surface area contributed by atoms with Crippen LogP contribution in [0.5, 0.6) is 0 Å². The van der Waals surface area contributed by atoms with Gasteiger partial charge in [-0.25, -0.2) is 8.42 Å². The van der Waals surface area contributed by atoms with Gasteiger partial charge in [0.2, 0.25) is 0 Å². The van der Waals surface area contributed by atoms with Gasteiger partial charge in [-0.2, -0.15) is 0 Å². The van der Waals surface area contributed by atoms with Crippen molar-refractivity contribution in [3.8, 4) is 0 Å². The first-order valence-corrected chi connectivity index (χ1v) is 10.3. The molecule has 0 aromatic heterocycles. The fourth-order valence-corrected chi connectivity index (χ4v) is 3.54. The largest absolute Gasteiger partial charge is 0.357 e. The number of sulfone groups is 1. The first-order chi connectivity index (χ1) is 11.0. The first kappa shape index (κ1) is 17.8. The molecule has 1 N–H and O–H groups in total. The Hall–Kier alpha value is -1.56. The van der Waals surface area contributed by atoms with E-state index in [0.29, 0.717) is 18.9 Å². The summed E-state index contributed by atoms with van der Waals surface area (Å²) in [5.41, 5.74) is 1.38. The second-order valence-corrected chi connectivity index (χ2v) is 8.32. The van der Waals surface area contributed by atoms with E-state index in [-0.39, 0.29) is 5.75 Å². The van der Waals surface area contributed by atoms with Crippen molar-refractivity contribution < 1.29 is 8.42 Å². The smallest absolute Gasteiger partial charge is 0.193 e. The second-order valence-electron chi connectivity index (χ2n) is 6.06. The van der Waals surface area contributed by atoms with Crippen LogP contribution in [0.3, 0.4) is 0 Å². The zero-order valence-corrected chi connectivity index (χ0v) is 14.8. The second kappa shape index (κ2) is 8.34. The number of likely N-dealkylation sites (tertiary alicyclic amines) is 1. The van der Waals surface area contributed by atoms with E-state index in [0.717, 1.165) is 32.0 Å². The Kier molecular flexibility index (Phi) is 6.45. The third-order valence-electron chi connectivity index (χ3n) is 4.03. The normalized spacial score (nSPS) is 19.1. The summed E-state index contributed by atoms with van der Waals surface area (Å²) in [6, 6.07) is 10.6. The van der Waals surface area contributed by atoms with Crippen LogP contribution in [0.25, 0.3) is 0 Å². The molecule has 0 radical (unpaired) electrons. The maximum Gasteiger partial charge on any atom is 0.193 e. The zero-order chi connectivity index (χ0) is 16.7. The molecule has 0 bridgehead atoms. The van der Waals surface area contributed by atoms with Gasteiger partial charge < -0.3 is 10.2 Å². The van der Waals surface area contributed by atoms with Crippen LogP contribution in [0.15, 0.2) is 35.3 Å². The fraction of sp³-hybridized carbons (Fsp3) is 0.588. The molecule has 6 heteroatoms. The van der Waals surface area contributed by atoms with Crippen molar-refractivity contribution in [1.29, 1.82) is 0 Å². The Morgan fingerprint density at radius 2 is 2.09 bits per heavy atom. The van der Waals surface area contributed by atoms with E-state index < -0.39 is 9.84 Å². The third kappa shape index (κ3) is 5.86. The SMILES string of the molecule is CCNC(=NCCCS(C)(=O)=O)N1CCC(c2ccccc2)C1. The van der Waals surface area contributed by atoms with Crippen molar-refractivity contribution in [3.05, 3.63) is 35.9 Å². The molecule has 1 fully saturated rings. The van der Waals surface area contributed by atoms with E-state index in [4.69, 9.17) is 0 Å². The van der Waals surface area contributed by atoms with Gasteiger partial charge in [0, 0.05) is 38.4 Å². The highest BCUT2D eigenvalue weighted by atomic mass is 32.2. The molecule has 1 aromatic rings. The molecule has 0 saturated carbocycles. The minimum atomic E-state index is -2.90. The highest BCUT2D eigenvalue weighted by Gasteiger charge is 2.25. The van der Waals surface area contributed by atoms with E-state index in [1.807, 2.05) is 6.07 Å². The number of nitrogens with one attached hydrogen (secondary N) is 1. The zero-order valence-electron chi connectivity index (χ0n) is 14.0. The Bertz CT molecular complexity index is 614. The average Bonchev–Trinajstić information content (AvgIpc) is 3.00. The van der Waals surface area contributed by atoms with Crippen LogP contribution in [-0.4, -0.2) is 57.5 Å². The van der Waals surface area contributed by atoms with Crippen molar-refractivity contribution in [2.75, 3.05) is 38.2 Å². The lowest BCUT2D eigenvalue weighted by Gasteiger charge is -2.21. The molecule has 0 aliphatic carbocycles. The predicted octanol–water partition coefficient (Wildman–Crippen LogP) is 1.88. The van der Waals surface area contributed by atoms with Crippen LogP contribution in [0.4, 0.5) is 0 Å². The van der Waals surface area contributed by atoms with Crippen molar-refractivity contribution in [3.63, 3.8) is 0 Å². The molecule has 5 nitrogen and oxygen atoms in total. The standard InChI is InChI=1S/C17H27N3O2S/c1-3-18-17(19-11-7-13-23(2,21)22)20-12-10-16(14-20)15-8-5-4-6-9-15/h4-6,8-9,16H,3,7,10-14H2,1-2H3,(H,18,19). The minimum Gasteiger partial charge on any atom is -0.357 e. The van der Waals surface area contributed by atoms with Gasteiger partial charge in [0.1, 0.15) is 9.84 Å². The Morgan fingerprint density at radius 3 is 2.74 bits per heavy atom. The average molecular weight is 337 g/mol. The molecule has 1 aromatic carbocycles. The molecule has 1 unspecified atom stereocenters. The van der Waals surface area contributed by atoms with Gasteiger partial charge in [-0.1, -0.05) is 30.3 Å². The molecule has 1 aliphatic rings. The van der Waals surface area contributed by atoms with Gasteiger partial charge in [0.05, 0.1) is 5.75 Å². The molecule has 1 aliphatic heterocycles. The lowest BCUT2D eigenvalue weighted by atomic mass is 9.99. The molecule has 1 heterocycles. The summed E-state index contributed by atoms with van der Waals surface area (Å²) in [5.74, 6) is 1.64. The molecule has 1 atom stereocenters. The van der Waals surface area contributed by atoms with Gasteiger partial charge in [-0.15, -0.1) is 0 Å². The predicted molar refractivity (Wildman–Crippen MR) is 95.7 cm³/mol. The number of nitrogens with zero attached hydrogens (tertiary/aromatic N) is 2. The maximum absolute atomic E-state index is 11.2. The molecule has 2 rings (SSSR count). The molecule has 128 valence electrons. The summed E-state index contributed by atoms with van der Waals surface area (Å²) in [6.07, 6.45) is 2.97. The molecule has 0 spiro atoms. The van der Waals surface area contributed by atoms with Crippen LogP contribution < -0.4 is 5.32 Å². The van der Waals surface area contributed by atoms with Crippen LogP contribution in [0.2, 0.25) is 0 Å². The van der Waals surface area contributed by atoms with E-state index in [2.05, 4.69) is 46.4 Å². The van der Waals surface area contributed by atoms with E-state index in [1.165, 1.54) is 11.8 Å². The Morgan fingerprint density at radius 1 is 1.35 bits per heavy atom. The van der Waals surface area contributed by atoms with Crippen molar-refractivity contribution in [2.24, 2.45) is 4.99 Å². The first-order valence-electron chi connectivity index (χ1n) is 8.25. The van der Waals surface area contributed by atoms with Gasteiger partial charge in [-0.3, -0.25) is 4.99 Å². The third-order valence-corrected chi connectivity index (χ3v) is 5.06. The van der Waals surface area contributed by atoms with Crippen molar-refractivity contribution >= 4 is 15.8 Å². The summed E-state index contributed by atoms with van der Waals surface area (Å²) >= 11 is 0. The summed E-state index contributed by atoms with van der Waals surface area (Å²) < 4.78 is 22.4. The van der Waals surface area contributed by atoms with Crippen LogP contribution in [0, 0.1) is 0 Å². The summed E-state index contributed by atoms with van der Waals surface area (Å²) in [6.45, 7) is 5.36. The summed E-state index contributed by atoms with van der Waals surface area (Å²) in [4.78, 5) is 6.87. The Balaban J connectivity index is 1.93.